The quantitative estimate of drug-likeness (QED) is 0.916. The minimum atomic E-state index is -0.122. The van der Waals surface area contributed by atoms with Crippen LogP contribution in [0.2, 0.25) is 0 Å². The van der Waals surface area contributed by atoms with Crippen molar-refractivity contribution < 1.29 is 9.53 Å². The van der Waals surface area contributed by atoms with E-state index >= 15 is 0 Å². The Morgan fingerprint density at radius 3 is 3.25 bits per heavy atom. The molecule has 1 aliphatic heterocycles. The van der Waals surface area contributed by atoms with Crippen molar-refractivity contribution in [1.29, 1.82) is 0 Å². The van der Waals surface area contributed by atoms with Crippen LogP contribution in [0.1, 0.15) is 22.5 Å². The van der Waals surface area contributed by atoms with Crippen molar-refractivity contribution in [3.63, 3.8) is 0 Å². The lowest BCUT2D eigenvalue weighted by Gasteiger charge is -2.08. The highest BCUT2D eigenvalue weighted by Gasteiger charge is 2.17. The molecule has 1 fully saturated rings. The van der Waals surface area contributed by atoms with Crippen molar-refractivity contribution in [1.82, 2.24) is 9.78 Å². The van der Waals surface area contributed by atoms with Crippen LogP contribution >= 0.6 is 27.3 Å². The third-order valence-electron chi connectivity index (χ3n) is 3.13. The fourth-order valence-corrected chi connectivity index (χ4v) is 3.62. The van der Waals surface area contributed by atoms with Crippen LogP contribution in [0.15, 0.2) is 28.3 Å². The molecule has 1 N–H and O–H groups in total. The Bertz CT molecular complexity index is 604. The number of anilines is 1. The van der Waals surface area contributed by atoms with Gasteiger partial charge in [0, 0.05) is 17.3 Å². The van der Waals surface area contributed by atoms with Crippen LogP contribution in [0.3, 0.4) is 0 Å². The first kappa shape index (κ1) is 13.8. The summed E-state index contributed by atoms with van der Waals surface area (Å²) in [6.07, 6.45) is 5.92. The maximum atomic E-state index is 12.1. The summed E-state index contributed by atoms with van der Waals surface area (Å²) >= 11 is 4.76. The summed E-state index contributed by atoms with van der Waals surface area (Å²) in [6, 6.07) is 1.86. The Morgan fingerprint density at radius 2 is 2.55 bits per heavy atom. The second-order valence-electron chi connectivity index (χ2n) is 4.64. The summed E-state index contributed by atoms with van der Waals surface area (Å²) in [6.45, 7) is 1.57. The summed E-state index contributed by atoms with van der Waals surface area (Å²) in [4.78, 5) is 12.7. The molecular weight excluding hydrogens is 342 g/mol. The molecule has 1 aliphatic rings. The maximum Gasteiger partial charge on any atom is 0.266 e. The molecule has 3 heterocycles. The summed E-state index contributed by atoms with van der Waals surface area (Å²) in [7, 11) is 0. The molecule has 1 unspecified atom stereocenters. The van der Waals surface area contributed by atoms with E-state index in [0.717, 1.165) is 30.5 Å². The molecule has 3 rings (SSSR count). The summed E-state index contributed by atoms with van der Waals surface area (Å²) in [5, 5.41) is 8.97. The number of rotatable bonds is 4. The van der Waals surface area contributed by atoms with E-state index in [2.05, 4.69) is 26.3 Å². The average Bonchev–Trinajstić information content (AvgIpc) is 3.12. The molecule has 2 aromatic heterocycles. The number of thiophene rings is 1. The number of nitrogens with zero attached hydrogens (tertiary/aromatic N) is 2. The van der Waals surface area contributed by atoms with Crippen LogP contribution in [0.4, 0.5) is 5.69 Å². The highest BCUT2D eigenvalue weighted by atomic mass is 79.9. The predicted octanol–water partition coefficient (Wildman–Crippen LogP) is 3.14. The van der Waals surface area contributed by atoms with E-state index < -0.39 is 0 Å². The van der Waals surface area contributed by atoms with Gasteiger partial charge >= 0.3 is 0 Å². The van der Waals surface area contributed by atoms with Gasteiger partial charge in [-0.15, -0.1) is 11.3 Å². The van der Waals surface area contributed by atoms with Gasteiger partial charge in [-0.3, -0.25) is 9.48 Å². The smallest absolute Gasteiger partial charge is 0.266 e. The first-order valence-electron chi connectivity index (χ1n) is 6.41. The lowest BCUT2D eigenvalue weighted by molar-refractivity contribution is 0.0940. The van der Waals surface area contributed by atoms with Crippen molar-refractivity contribution in [2.75, 3.05) is 11.9 Å². The zero-order chi connectivity index (χ0) is 13.9. The predicted molar refractivity (Wildman–Crippen MR) is 81.2 cm³/mol. The van der Waals surface area contributed by atoms with Gasteiger partial charge in [-0.25, -0.2) is 0 Å². The largest absolute Gasteiger partial charge is 0.376 e. The van der Waals surface area contributed by atoms with E-state index in [0.29, 0.717) is 10.6 Å². The van der Waals surface area contributed by atoms with Gasteiger partial charge in [-0.1, -0.05) is 0 Å². The van der Waals surface area contributed by atoms with Crippen LogP contribution in [0.25, 0.3) is 0 Å². The van der Waals surface area contributed by atoms with Gasteiger partial charge in [0.1, 0.15) is 4.88 Å². The van der Waals surface area contributed by atoms with Gasteiger partial charge < -0.3 is 10.1 Å². The molecule has 0 aromatic carbocycles. The molecule has 0 aliphatic carbocycles. The van der Waals surface area contributed by atoms with Crippen molar-refractivity contribution in [2.24, 2.45) is 0 Å². The van der Waals surface area contributed by atoms with Crippen molar-refractivity contribution >= 4 is 38.9 Å². The molecule has 0 radical (unpaired) electrons. The van der Waals surface area contributed by atoms with Crippen molar-refractivity contribution in [2.45, 2.75) is 25.5 Å². The maximum absolute atomic E-state index is 12.1. The van der Waals surface area contributed by atoms with E-state index in [1.165, 1.54) is 11.3 Å². The summed E-state index contributed by atoms with van der Waals surface area (Å²) < 4.78 is 8.20. The average molecular weight is 356 g/mol. The zero-order valence-corrected chi connectivity index (χ0v) is 13.1. The fraction of sp³-hybridized carbons (Fsp3) is 0.385. The van der Waals surface area contributed by atoms with Crippen molar-refractivity contribution in [3.8, 4) is 0 Å². The molecule has 2 aromatic rings. The number of carbonyl (C=O) groups excluding carboxylic acids is 1. The van der Waals surface area contributed by atoms with Crippen LogP contribution in [-0.4, -0.2) is 28.4 Å². The molecule has 0 saturated carbocycles. The SMILES string of the molecule is O=C(Nc1cnn(CC2CCCO2)c1)c1sccc1Br. The molecule has 20 heavy (non-hydrogen) atoms. The molecule has 0 spiro atoms. The highest BCUT2D eigenvalue weighted by molar-refractivity contribution is 9.10. The number of ether oxygens (including phenoxy) is 1. The Labute approximate surface area is 129 Å². The summed E-state index contributed by atoms with van der Waals surface area (Å²) in [5.41, 5.74) is 0.702. The minimum Gasteiger partial charge on any atom is -0.376 e. The highest BCUT2D eigenvalue weighted by Crippen LogP contribution is 2.23. The topological polar surface area (TPSA) is 56.2 Å². The molecule has 106 valence electrons. The lowest BCUT2D eigenvalue weighted by atomic mass is 10.2. The number of carbonyl (C=O) groups is 1. The number of nitrogens with one attached hydrogen (secondary N) is 1. The van der Waals surface area contributed by atoms with Gasteiger partial charge in [-0.05, 0) is 40.2 Å². The second-order valence-corrected chi connectivity index (χ2v) is 6.41. The molecule has 1 amide bonds. The van der Waals surface area contributed by atoms with E-state index in [1.807, 2.05) is 22.3 Å². The van der Waals surface area contributed by atoms with Crippen molar-refractivity contribution in [3.05, 3.63) is 33.2 Å². The normalized spacial score (nSPS) is 18.4. The van der Waals surface area contributed by atoms with E-state index in [1.54, 1.807) is 6.20 Å². The standard InChI is InChI=1S/C13H14BrN3O2S/c14-11-3-5-20-12(11)13(18)16-9-6-15-17(7-9)8-10-2-1-4-19-10/h3,5-7,10H,1-2,4,8H2,(H,16,18). The van der Waals surface area contributed by atoms with Gasteiger partial charge in [0.15, 0.2) is 0 Å². The van der Waals surface area contributed by atoms with Gasteiger partial charge in [0.05, 0.1) is 24.5 Å². The third-order valence-corrected chi connectivity index (χ3v) is 4.97. The minimum absolute atomic E-state index is 0.122. The second kappa shape index (κ2) is 6.07. The molecular formula is C13H14BrN3O2S. The van der Waals surface area contributed by atoms with Gasteiger partial charge in [0.2, 0.25) is 0 Å². The Morgan fingerprint density at radius 1 is 1.65 bits per heavy atom. The Kier molecular flexibility index (Phi) is 4.18. The van der Waals surface area contributed by atoms with Crippen LogP contribution in [-0.2, 0) is 11.3 Å². The first-order valence-corrected chi connectivity index (χ1v) is 8.08. The number of hydrogen-bond donors (Lipinski definition) is 1. The van der Waals surface area contributed by atoms with Crippen LogP contribution in [0, 0.1) is 0 Å². The Balaban J connectivity index is 1.62. The van der Waals surface area contributed by atoms with Crippen LogP contribution in [0.5, 0.6) is 0 Å². The number of amides is 1. The lowest BCUT2D eigenvalue weighted by Crippen LogP contribution is -2.15. The number of hydrogen-bond acceptors (Lipinski definition) is 4. The summed E-state index contributed by atoms with van der Waals surface area (Å²) in [5.74, 6) is -0.122. The monoisotopic (exact) mass is 355 g/mol. The molecule has 1 atom stereocenters. The van der Waals surface area contributed by atoms with Gasteiger partial charge in [-0.2, -0.15) is 5.10 Å². The number of aromatic nitrogens is 2. The van der Waals surface area contributed by atoms with E-state index in [4.69, 9.17) is 4.74 Å². The molecule has 1 saturated heterocycles. The fourth-order valence-electron chi connectivity index (χ4n) is 2.17. The first-order chi connectivity index (χ1) is 9.72. The molecule has 0 bridgehead atoms. The van der Waals surface area contributed by atoms with Gasteiger partial charge in [0.25, 0.3) is 5.91 Å². The third kappa shape index (κ3) is 3.11. The zero-order valence-electron chi connectivity index (χ0n) is 10.7. The Hall–Kier alpha value is -1.18. The van der Waals surface area contributed by atoms with E-state index in [9.17, 15) is 4.79 Å². The molecule has 5 nitrogen and oxygen atoms in total. The molecule has 7 heteroatoms. The van der Waals surface area contributed by atoms with E-state index in [-0.39, 0.29) is 12.0 Å². The van der Waals surface area contributed by atoms with Crippen LogP contribution < -0.4 is 5.32 Å². The number of halogens is 1.